The van der Waals surface area contributed by atoms with Gasteiger partial charge in [0.2, 0.25) is 0 Å². The van der Waals surface area contributed by atoms with E-state index in [9.17, 15) is 9.18 Å². The fraction of sp³-hybridized carbons (Fsp3) is 0.545. The predicted molar refractivity (Wildman–Crippen MR) is 106 cm³/mol. The van der Waals surface area contributed by atoms with Crippen molar-refractivity contribution in [2.24, 2.45) is 5.92 Å². The largest absolute Gasteiger partial charge is 0.376 e. The molecule has 0 spiro atoms. The molecule has 0 N–H and O–H groups in total. The van der Waals surface area contributed by atoms with E-state index < -0.39 is 0 Å². The number of carbonyl (C=O) groups is 1. The van der Waals surface area contributed by atoms with Gasteiger partial charge in [-0.1, -0.05) is 23.4 Å². The van der Waals surface area contributed by atoms with Crippen molar-refractivity contribution < 1.29 is 18.4 Å². The summed E-state index contributed by atoms with van der Waals surface area (Å²) in [4.78, 5) is 17.1. The summed E-state index contributed by atoms with van der Waals surface area (Å²) in [7, 11) is 0. The molecule has 2 aliphatic rings. The summed E-state index contributed by atoms with van der Waals surface area (Å²) in [5, 5.41) is 3.82. The highest BCUT2D eigenvalue weighted by Crippen LogP contribution is 2.23. The number of benzene rings is 1. The van der Waals surface area contributed by atoms with Gasteiger partial charge in [-0.15, -0.1) is 0 Å². The maximum absolute atomic E-state index is 13.9. The topological polar surface area (TPSA) is 58.8 Å². The van der Waals surface area contributed by atoms with Crippen LogP contribution in [0.1, 0.15) is 41.7 Å². The lowest BCUT2D eigenvalue weighted by Crippen LogP contribution is -2.43. The third-order valence-corrected chi connectivity index (χ3v) is 5.93. The monoisotopic (exact) mass is 401 g/mol. The number of hydrogen-bond donors (Lipinski definition) is 0. The van der Waals surface area contributed by atoms with E-state index in [4.69, 9.17) is 9.26 Å². The molecule has 2 aromatic rings. The lowest BCUT2D eigenvalue weighted by atomic mass is 9.95. The maximum Gasteiger partial charge on any atom is 0.276 e. The molecule has 4 rings (SSSR count). The second-order valence-corrected chi connectivity index (χ2v) is 8.04. The van der Waals surface area contributed by atoms with Crippen LogP contribution in [0.15, 0.2) is 41.1 Å². The Balaban J connectivity index is 1.33. The molecule has 1 aromatic carbocycles. The first-order chi connectivity index (χ1) is 14.2. The number of ether oxygens (including phenoxy) is 1. The van der Waals surface area contributed by atoms with Crippen LogP contribution in [-0.4, -0.2) is 59.8 Å². The Hall–Kier alpha value is -2.25. The van der Waals surface area contributed by atoms with Crippen molar-refractivity contribution in [2.75, 3.05) is 32.8 Å². The van der Waals surface area contributed by atoms with Crippen molar-refractivity contribution in [3.63, 3.8) is 0 Å². The summed E-state index contributed by atoms with van der Waals surface area (Å²) in [5.41, 5.74) is 1.09. The molecule has 0 aliphatic carbocycles. The number of amides is 1. The number of likely N-dealkylation sites (tertiary alicyclic amines) is 1. The SMILES string of the molecule is O=C(c1ccon1)N(CC1CCN(Cc2ccccc2F)CC1)C[C@H]1CCCO1. The van der Waals surface area contributed by atoms with Crippen LogP contribution < -0.4 is 0 Å². The summed E-state index contributed by atoms with van der Waals surface area (Å²) >= 11 is 0. The molecule has 0 radical (unpaired) electrons. The Bertz CT molecular complexity index is 784. The highest BCUT2D eigenvalue weighted by Gasteiger charge is 2.29. The lowest BCUT2D eigenvalue weighted by molar-refractivity contribution is 0.0437. The molecular formula is C22H28FN3O3. The first kappa shape index (κ1) is 20.0. The normalized spacial score (nSPS) is 20.8. The molecular weight excluding hydrogens is 373 g/mol. The number of halogens is 1. The molecule has 0 bridgehead atoms. The van der Waals surface area contributed by atoms with Crippen LogP contribution >= 0.6 is 0 Å². The molecule has 2 aliphatic heterocycles. The van der Waals surface area contributed by atoms with Gasteiger partial charge in [-0.05, 0) is 50.8 Å². The van der Waals surface area contributed by atoms with Gasteiger partial charge in [-0.3, -0.25) is 9.69 Å². The number of nitrogens with zero attached hydrogens (tertiary/aromatic N) is 3. The van der Waals surface area contributed by atoms with Gasteiger partial charge in [-0.25, -0.2) is 4.39 Å². The third-order valence-electron chi connectivity index (χ3n) is 5.93. The average Bonchev–Trinajstić information content (AvgIpc) is 3.44. The van der Waals surface area contributed by atoms with Crippen LogP contribution in [0, 0.1) is 11.7 Å². The number of carbonyl (C=O) groups excluding carboxylic acids is 1. The molecule has 2 saturated heterocycles. The van der Waals surface area contributed by atoms with Crippen molar-refractivity contribution in [3.05, 3.63) is 53.7 Å². The van der Waals surface area contributed by atoms with E-state index in [0.717, 1.165) is 50.9 Å². The summed E-state index contributed by atoms with van der Waals surface area (Å²) in [6.45, 7) is 4.51. The lowest BCUT2D eigenvalue weighted by Gasteiger charge is -2.35. The van der Waals surface area contributed by atoms with E-state index in [1.807, 2.05) is 17.0 Å². The van der Waals surface area contributed by atoms with Crippen LogP contribution in [0.5, 0.6) is 0 Å². The van der Waals surface area contributed by atoms with Crippen LogP contribution in [-0.2, 0) is 11.3 Å². The van der Waals surface area contributed by atoms with Gasteiger partial charge in [0.1, 0.15) is 12.1 Å². The molecule has 3 heterocycles. The summed E-state index contributed by atoms with van der Waals surface area (Å²) in [5.74, 6) is 0.183. The fourth-order valence-electron chi connectivity index (χ4n) is 4.27. The quantitative estimate of drug-likeness (QED) is 0.712. The van der Waals surface area contributed by atoms with Gasteiger partial charge >= 0.3 is 0 Å². The van der Waals surface area contributed by atoms with Crippen molar-refractivity contribution in [3.8, 4) is 0 Å². The van der Waals surface area contributed by atoms with Gasteiger partial charge in [0, 0.05) is 37.9 Å². The van der Waals surface area contributed by atoms with Crippen molar-refractivity contribution in [2.45, 2.75) is 38.3 Å². The van der Waals surface area contributed by atoms with Crippen molar-refractivity contribution in [1.29, 1.82) is 0 Å². The maximum atomic E-state index is 13.9. The smallest absolute Gasteiger partial charge is 0.276 e. The Kier molecular flexibility index (Phi) is 6.56. The third kappa shape index (κ3) is 5.22. The second-order valence-electron chi connectivity index (χ2n) is 8.04. The minimum Gasteiger partial charge on any atom is -0.376 e. The fourth-order valence-corrected chi connectivity index (χ4v) is 4.27. The number of piperidine rings is 1. The molecule has 2 fully saturated rings. The minimum atomic E-state index is -0.143. The average molecular weight is 401 g/mol. The summed E-state index contributed by atoms with van der Waals surface area (Å²) in [6, 6.07) is 8.58. The molecule has 0 saturated carbocycles. The number of aromatic nitrogens is 1. The van der Waals surface area contributed by atoms with E-state index in [2.05, 4.69) is 10.1 Å². The Labute approximate surface area is 170 Å². The second kappa shape index (κ2) is 9.50. The standard InChI is InChI=1S/C22H28FN3O3/c23-20-6-2-1-4-18(20)15-25-10-7-17(8-11-25)14-26(16-19-5-3-12-28-19)22(27)21-9-13-29-24-21/h1-2,4,6,9,13,17,19H,3,5,7-8,10-12,14-16H2/t19-/m1/s1. The first-order valence-corrected chi connectivity index (χ1v) is 10.5. The summed E-state index contributed by atoms with van der Waals surface area (Å²) < 4.78 is 24.5. The Morgan fingerprint density at radius 2 is 2.00 bits per heavy atom. The van der Waals surface area contributed by atoms with Gasteiger partial charge < -0.3 is 14.2 Å². The predicted octanol–water partition coefficient (Wildman–Crippen LogP) is 3.35. The van der Waals surface area contributed by atoms with E-state index in [1.54, 1.807) is 12.1 Å². The van der Waals surface area contributed by atoms with Crippen molar-refractivity contribution >= 4 is 5.91 Å². The zero-order chi connectivity index (χ0) is 20.1. The summed E-state index contributed by atoms with van der Waals surface area (Å²) in [6.07, 6.45) is 5.55. The molecule has 1 atom stereocenters. The molecule has 7 heteroatoms. The number of hydrogen-bond acceptors (Lipinski definition) is 5. The zero-order valence-electron chi connectivity index (χ0n) is 16.6. The van der Waals surface area contributed by atoms with Crippen molar-refractivity contribution in [1.82, 2.24) is 15.0 Å². The molecule has 1 amide bonds. The molecule has 6 nitrogen and oxygen atoms in total. The van der Waals surface area contributed by atoms with Gasteiger partial charge in [0.05, 0.1) is 6.10 Å². The van der Waals surface area contributed by atoms with E-state index in [1.165, 1.54) is 12.3 Å². The first-order valence-electron chi connectivity index (χ1n) is 10.5. The van der Waals surface area contributed by atoms with E-state index >= 15 is 0 Å². The van der Waals surface area contributed by atoms with Gasteiger partial charge in [0.25, 0.3) is 5.91 Å². The molecule has 156 valence electrons. The van der Waals surface area contributed by atoms with Crippen LogP contribution in [0.4, 0.5) is 4.39 Å². The van der Waals surface area contributed by atoms with Gasteiger partial charge in [0.15, 0.2) is 5.69 Å². The molecule has 1 aromatic heterocycles. The minimum absolute atomic E-state index is 0.0944. The highest BCUT2D eigenvalue weighted by molar-refractivity contribution is 5.92. The van der Waals surface area contributed by atoms with Gasteiger partial charge in [-0.2, -0.15) is 0 Å². The Morgan fingerprint density at radius 1 is 1.17 bits per heavy atom. The van der Waals surface area contributed by atoms with Crippen LogP contribution in [0.25, 0.3) is 0 Å². The highest BCUT2D eigenvalue weighted by atomic mass is 19.1. The Morgan fingerprint density at radius 3 is 2.69 bits per heavy atom. The zero-order valence-corrected chi connectivity index (χ0v) is 16.6. The molecule has 29 heavy (non-hydrogen) atoms. The molecule has 0 unspecified atom stereocenters. The number of rotatable bonds is 7. The van der Waals surface area contributed by atoms with Crippen LogP contribution in [0.2, 0.25) is 0 Å². The van der Waals surface area contributed by atoms with E-state index in [-0.39, 0.29) is 17.8 Å². The van der Waals surface area contributed by atoms with Crippen LogP contribution in [0.3, 0.4) is 0 Å². The van der Waals surface area contributed by atoms with E-state index in [0.29, 0.717) is 31.2 Å².